The van der Waals surface area contributed by atoms with Crippen LogP contribution < -0.4 is 10.1 Å². The number of benzene rings is 1. The van der Waals surface area contributed by atoms with Gasteiger partial charge in [0.2, 0.25) is 0 Å². The molecule has 0 amide bonds. The van der Waals surface area contributed by atoms with Crippen molar-refractivity contribution in [2.24, 2.45) is 0 Å². The topological polar surface area (TPSA) is 47.6 Å². The van der Waals surface area contributed by atoms with Gasteiger partial charge in [-0.1, -0.05) is 19.9 Å². The molecule has 0 unspecified atom stereocenters. The number of methoxy groups -OCH3 is 2. The second kappa shape index (κ2) is 5.95. The Hall–Kier alpha value is -1.71. The van der Waals surface area contributed by atoms with Crippen molar-refractivity contribution in [3.05, 3.63) is 23.8 Å². The molecule has 4 nitrogen and oxygen atoms in total. The second-order valence-corrected chi connectivity index (χ2v) is 5.36. The quantitative estimate of drug-likeness (QED) is 0.831. The molecular formula is C15H23NO3. The van der Waals surface area contributed by atoms with Crippen molar-refractivity contribution in [3.63, 3.8) is 0 Å². The van der Waals surface area contributed by atoms with E-state index < -0.39 is 5.54 Å². The minimum atomic E-state index is -0.804. The van der Waals surface area contributed by atoms with Crippen LogP contribution in [0, 0.1) is 0 Å². The first-order chi connectivity index (χ1) is 8.81. The zero-order valence-corrected chi connectivity index (χ0v) is 12.5. The summed E-state index contributed by atoms with van der Waals surface area (Å²) in [5.41, 5.74) is 1.17. The monoisotopic (exact) mass is 265 g/mol. The Kier molecular flexibility index (Phi) is 4.81. The number of ether oxygens (including phenoxy) is 2. The van der Waals surface area contributed by atoms with Crippen molar-refractivity contribution in [2.45, 2.75) is 39.2 Å². The zero-order valence-electron chi connectivity index (χ0n) is 12.5. The summed E-state index contributed by atoms with van der Waals surface area (Å²) < 4.78 is 10.2. The van der Waals surface area contributed by atoms with E-state index in [1.54, 1.807) is 21.0 Å². The first kappa shape index (κ1) is 15.3. The van der Waals surface area contributed by atoms with Crippen LogP contribution in [0.2, 0.25) is 0 Å². The summed E-state index contributed by atoms with van der Waals surface area (Å²) in [6.45, 7) is 7.80. The van der Waals surface area contributed by atoms with Crippen LogP contribution in [0.5, 0.6) is 5.75 Å². The van der Waals surface area contributed by atoms with Gasteiger partial charge in [0.1, 0.15) is 11.3 Å². The molecule has 1 aromatic carbocycles. The molecule has 0 saturated carbocycles. The van der Waals surface area contributed by atoms with E-state index in [1.165, 1.54) is 12.7 Å². The van der Waals surface area contributed by atoms with Gasteiger partial charge in [0.05, 0.1) is 19.9 Å². The maximum Gasteiger partial charge on any atom is 0.330 e. The Morgan fingerprint density at radius 1 is 1.26 bits per heavy atom. The van der Waals surface area contributed by atoms with Crippen LogP contribution in [0.15, 0.2) is 18.2 Å². The van der Waals surface area contributed by atoms with Gasteiger partial charge in [-0.2, -0.15) is 0 Å². The smallest absolute Gasteiger partial charge is 0.330 e. The standard InChI is InChI=1S/C15H23NO3/c1-10(2)11-7-8-12(13(9-11)18-5)16-15(3,4)14(17)19-6/h7-10,16H,1-6H3. The van der Waals surface area contributed by atoms with Gasteiger partial charge in [-0.15, -0.1) is 0 Å². The second-order valence-electron chi connectivity index (χ2n) is 5.36. The fourth-order valence-electron chi connectivity index (χ4n) is 1.81. The molecule has 0 atom stereocenters. The molecule has 0 fully saturated rings. The van der Waals surface area contributed by atoms with E-state index in [9.17, 15) is 4.79 Å². The summed E-state index contributed by atoms with van der Waals surface area (Å²) in [6, 6.07) is 5.95. The molecule has 0 spiro atoms. The molecule has 0 radical (unpaired) electrons. The van der Waals surface area contributed by atoms with Crippen molar-refractivity contribution >= 4 is 11.7 Å². The van der Waals surface area contributed by atoms with Gasteiger partial charge in [0.15, 0.2) is 0 Å². The first-order valence-electron chi connectivity index (χ1n) is 6.36. The lowest BCUT2D eigenvalue weighted by Crippen LogP contribution is -2.41. The van der Waals surface area contributed by atoms with Crippen LogP contribution in [0.1, 0.15) is 39.2 Å². The molecule has 1 rings (SSSR count). The molecule has 19 heavy (non-hydrogen) atoms. The van der Waals surface area contributed by atoms with Gasteiger partial charge < -0.3 is 14.8 Å². The molecule has 0 heterocycles. The fraction of sp³-hybridized carbons (Fsp3) is 0.533. The molecule has 0 bridgehead atoms. The molecule has 0 saturated heterocycles. The summed E-state index contributed by atoms with van der Waals surface area (Å²) in [6.07, 6.45) is 0. The number of carbonyl (C=O) groups excluding carboxylic acids is 1. The van der Waals surface area contributed by atoms with Crippen molar-refractivity contribution in [3.8, 4) is 5.75 Å². The minimum Gasteiger partial charge on any atom is -0.495 e. The molecular weight excluding hydrogens is 242 g/mol. The number of rotatable bonds is 5. The molecule has 0 aromatic heterocycles. The molecule has 4 heteroatoms. The Balaban J connectivity index is 3.05. The summed E-state index contributed by atoms with van der Waals surface area (Å²) in [7, 11) is 3.00. The number of esters is 1. The van der Waals surface area contributed by atoms with Crippen molar-refractivity contribution in [1.29, 1.82) is 0 Å². The van der Waals surface area contributed by atoms with Crippen LogP contribution in [0.3, 0.4) is 0 Å². The summed E-state index contributed by atoms with van der Waals surface area (Å²) in [4.78, 5) is 11.7. The van der Waals surface area contributed by atoms with Gasteiger partial charge >= 0.3 is 5.97 Å². The molecule has 1 N–H and O–H groups in total. The van der Waals surface area contributed by atoms with Crippen molar-refractivity contribution < 1.29 is 14.3 Å². The van der Waals surface area contributed by atoms with Gasteiger partial charge in [-0.3, -0.25) is 0 Å². The molecule has 1 aromatic rings. The van der Waals surface area contributed by atoms with E-state index >= 15 is 0 Å². The number of hydrogen-bond donors (Lipinski definition) is 1. The SMILES string of the molecule is COC(=O)C(C)(C)Nc1ccc(C(C)C)cc1OC. The van der Waals surface area contributed by atoms with Crippen LogP contribution >= 0.6 is 0 Å². The van der Waals surface area contributed by atoms with E-state index in [2.05, 4.69) is 19.2 Å². The third-order valence-corrected chi connectivity index (χ3v) is 3.04. The van der Waals surface area contributed by atoms with Crippen LogP contribution in [0.25, 0.3) is 0 Å². The van der Waals surface area contributed by atoms with Gasteiger partial charge in [-0.05, 0) is 37.5 Å². The predicted octanol–water partition coefficient (Wildman–Crippen LogP) is 3.18. The van der Waals surface area contributed by atoms with E-state index in [0.717, 1.165) is 11.4 Å². The van der Waals surface area contributed by atoms with Gasteiger partial charge in [0, 0.05) is 0 Å². The van der Waals surface area contributed by atoms with E-state index in [-0.39, 0.29) is 5.97 Å². The van der Waals surface area contributed by atoms with Crippen LogP contribution in [-0.4, -0.2) is 25.7 Å². The lowest BCUT2D eigenvalue weighted by molar-refractivity contribution is -0.144. The highest BCUT2D eigenvalue weighted by molar-refractivity contribution is 5.84. The Morgan fingerprint density at radius 3 is 2.37 bits per heavy atom. The maximum absolute atomic E-state index is 11.7. The minimum absolute atomic E-state index is 0.317. The molecule has 0 aliphatic rings. The maximum atomic E-state index is 11.7. The normalized spacial score (nSPS) is 11.3. The van der Waals surface area contributed by atoms with E-state index in [1.807, 2.05) is 18.2 Å². The van der Waals surface area contributed by atoms with Crippen molar-refractivity contribution in [1.82, 2.24) is 0 Å². The summed E-state index contributed by atoms with van der Waals surface area (Å²) >= 11 is 0. The highest BCUT2D eigenvalue weighted by Crippen LogP contribution is 2.31. The predicted molar refractivity (Wildman–Crippen MR) is 76.8 cm³/mol. The number of anilines is 1. The Labute approximate surface area is 115 Å². The number of carbonyl (C=O) groups is 1. The lowest BCUT2D eigenvalue weighted by atomic mass is 10.0. The highest BCUT2D eigenvalue weighted by atomic mass is 16.5. The van der Waals surface area contributed by atoms with Crippen molar-refractivity contribution in [2.75, 3.05) is 19.5 Å². The third kappa shape index (κ3) is 3.63. The largest absolute Gasteiger partial charge is 0.495 e. The average molecular weight is 265 g/mol. The molecule has 0 aliphatic carbocycles. The number of nitrogens with one attached hydrogen (secondary N) is 1. The third-order valence-electron chi connectivity index (χ3n) is 3.04. The Morgan fingerprint density at radius 2 is 1.89 bits per heavy atom. The number of hydrogen-bond acceptors (Lipinski definition) is 4. The molecule has 106 valence electrons. The highest BCUT2D eigenvalue weighted by Gasteiger charge is 2.29. The van der Waals surface area contributed by atoms with E-state index in [0.29, 0.717) is 5.92 Å². The van der Waals surface area contributed by atoms with Gasteiger partial charge in [0.25, 0.3) is 0 Å². The lowest BCUT2D eigenvalue weighted by Gasteiger charge is -2.26. The Bertz CT molecular complexity index is 453. The van der Waals surface area contributed by atoms with Gasteiger partial charge in [-0.25, -0.2) is 4.79 Å². The summed E-state index contributed by atoms with van der Waals surface area (Å²) in [5, 5.41) is 3.16. The average Bonchev–Trinajstić information content (AvgIpc) is 2.37. The summed E-state index contributed by atoms with van der Waals surface area (Å²) in [5.74, 6) is 0.835. The van der Waals surface area contributed by atoms with Crippen LogP contribution in [0.4, 0.5) is 5.69 Å². The zero-order chi connectivity index (χ0) is 14.6. The van der Waals surface area contributed by atoms with E-state index in [4.69, 9.17) is 9.47 Å². The molecule has 0 aliphatic heterocycles. The first-order valence-corrected chi connectivity index (χ1v) is 6.36. The van der Waals surface area contributed by atoms with Crippen LogP contribution in [-0.2, 0) is 9.53 Å². The fourth-order valence-corrected chi connectivity index (χ4v) is 1.81.